The molecule has 0 spiro atoms. The van der Waals surface area contributed by atoms with Gasteiger partial charge in [0, 0.05) is 119 Å². The number of hydrogen-bond acceptors (Lipinski definition) is 21. The Balaban J connectivity index is 0.000000350. The minimum Gasteiger partial charge on any atom is -0.744 e. The van der Waals surface area contributed by atoms with E-state index in [1.807, 2.05) is 120 Å². The van der Waals surface area contributed by atoms with E-state index in [0.29, 0.717) is 72.4 Å². The quantitative estimate of drug-likeness (QED) is 0.0108. The van der Waals surface area contributed by atoms with Crippen LogP contribution >= 0.6 is 0 Å². The Labute approximate surface area is 850 Å². The first-order valence-corrected chi connectivity index (χ1v) is 52.1. The van der Waals surface area contributed by atoms with Gasteiger partial charge in [-0.2, -0.15) is 14.0 Å². The van der Waals surface area contributed by atoms with Crippen LogP contribution < -0.4 is 100 Å². The van der Waals surface area contributed by atoms with Crippen molar-refractivity contribution in [3.63, 3.8) is 0 Å². The number of aryl methyl sites for hydroxylation is 12. The summed E-state index contributed by atoms with van der Waals surface area (Å²) in [7, 11) is -19.2. The van der Waals surface area contributed by atoms with Crippen LogP contribution in [-0.4, -0.2) is 81.7 Å². The monoisotopic (exact) mass is 1980 g/mol. The normalized spacial score (nSPS) is 11.3. The van der Waals surface area contributed by atoms with E-state index >= 15 is 0 Å². The molecule has 14 rings (SSSR count). The number of sulfonamides is 1. The van der Waals surface area contributed by atoms with Gasteiger partial charge in [-0.05, 0) is 205 Å². The van der Waals surface area contributed by atoms with Crippen LogP contribution in [-0.2, 0) is 114 Å². The first-order valence-electron chi connectivity index (χ1n) is 44.3. The molecule has 0 fully saturated rings. The van der Waals surface area contributed by atoms with Crippen molar-refractivity contribution in [3.8, 4) is 44.9 Å². The molecule has 0 atom stereocenters. The third kappa shape index (κ3) is 31.1. The molecule has 0 saturated heterocycles. The zero-order valence-corrected chi connectivity index (χ0v) is 90.1. The Kier molecular flexibility index (Phi) is 46.2. The Morgan fingerprint density at radius 1 is 0.397 bits per heavy atom. The van der Waals surface area contributed by atoms with Crippen LogP contribution in [0.25, 0.3) is 79.0 Å². The number of nitrogens with one attached hydrogen (secondary N) is 6. The summed E-state index contributed by atoms with van der Waals surface area (Å²) in [5.74, 6) is 1.14. The molecule has 0 bridgehead atoms. The van der Waals surface area contributed by atoms with Crippen LogP contribution in [0.5, 0.6) is 0 Å². The van der Waals surface area contributed by atoms with Crippen LogP contribution in [0.1, 0.15) is 175 Å². The van der Waals surface area contributed by atoms with E-state index in [4.69, 9.17) is 29.9 Å². The van der Waals surface area contributed by atoms with Gasteiger partial charge in [-0.15, -0.1) is 43.0 Å². The standard InChI is InChI=1S/2C41H42N2O4S.C16H17N2O5S2.3C2H6.2Na.O3S.O2S/c2*1-7-27-19-25(5)20-28(8-2)40(27)42-31-15-17-33-36(23-31)47-37-24-32(43-41-29(9-3)21-26(6)22-30(41)10-4)16-18-34(37)39(33)35-13-11-12-14-38(35)48(44,45)46;1-17-14-8-4-12(5-9-14)3-6-13-7-10-15(18-24(2,19)20)11-16(13)25(21,22)23;3*1-2;;;1-4(2)3;1-3-2/h2*11-24,42H,7-10H2,1-6H3,(H,44,45,46);3-4,6-11,17-18H,1-2H3,(H,21,22,23);3*1-2H3;;;;/q;;-1;;;;2*+1;;/p-1. The topological polar surface area (TPSA) is 393 Å². The van der Waals surface area contributed by atoms with Gasteiger partial charge in [-0.3, -0.25) is 4.72 Å². The third-order valence-electron chi connectivity index (χ3n) is 21.4. The summed E-state index contributed by atoms with van der Waals surface area (Å²) in [5.41, 5.74) is 27.2. The van der Waals surface area contributed by atoms with Crippen molar-refractivity contribution >= 4 is 142 Å². The molecule has 0 amide bonds. The Morgan fingerprint density at radius 2 is 0.721 bits per heavy atom. The van der Waals surface area contributed by atoms with E-state index in [0.717, 1.165) is 114 Å². The van der Waals surface area contributed by atoms with Gasteiger partial charge < -0.3 is 38.4 Å². The van der Waals surface area contributed by atoms with Crippen molar-refractivity contribution in [1.82, 2.24) is 0 Å². The van der Waals surface area contributed by atoms with Gasteiger partial charge in [-0.1, -0.05) is 192 Å². The van der Waals surface area contributed by atoms with Crippen molar-refractivity contribution in [3.05, 3.63) is 301 Å². The molecule has 136 heavy (non-hydrogen) atoms. The summed E-state index contributed by atoms with van der Waals surface area (Å²) in [6.07, 6.45) is 11.1. The van der Waals surface area contributed by atoms with E-state index in [1.165, 1.54) is 97.1 Å². The van der Waals surface area contributed by atoms with Gasteiger partial charge in [0.25, 0.3) is 0 Å². The average Bonchev–Trinajstić information content (AvgIpc) is 0.744. The number of fused-ring (bicyclic) bond motifs is 4. The van der Waals surface area contributed by atoms with Crippen LogP contribution in [0.15, 0.2) is 230 Å². The maximum Gasteiger partial charge on any atom is 1.00 e. The molecule has 2 aliphatic carbocycles. The number of benzene rings is 12. The van der Waals surface area contributed by atoms with Gasteiger partial charge in [0.15, 0.2) is 0 Å². The molecule has 10 aromatic carbocycles. The number of hydrogen-bond donors (Lipinski definition) is 6. The molecule has 0 saturated carbocycles. The molecule has 10 aromatic rings. The third-order valence-corrected chi connectivity index (χ3v) is 24.6. The molecular formula is C104H118N6Na2O18S6. The van der Waals surface area contributed by atoms with Crippen molar-refractivity contribution in [1.29, 1.82) is 0 Å². The van der Waals surface area contributed by atoms with E-state index < -0.39 is 67.5 Å². The largest absolute Gasteiger partial charge is 1.00 e. The number of rotatable bonds is 24. The minimum absolute atomic E-state index is 0. The molecule has 2 heterocycles. The fraction of sp³-hybridized carbons (Fsp3) is 0.269. The second kappa shape index (κ2) is 54.1. The van der Waals surface area contributed by atoms with Crippen LogP contribution in [0, 0.1) is 33.8 Å². The van der Waals surface area contributed by atoms with Gasteiger partial charge in [0.2, 0.25) is 32.1 Å². The van der Waals surface area contributed by atoms with E-state index in [9.17, 15) is 47.3 Å². The molecule has 4 aliphatic rings. The molecule has 6 N–H and O–H groups in total. The minimum atomic E-state index is -4.78. The number of anilines is 6. The molecule has 0 radical (unpaired) electrons. The summed E-state index contributed by atoms with van der Waals surface area (Å²) in [6.45, 7) is 37.7. The van der Waals surface area contributed by atoms with E-state index in [1.54, 1.807) is 61.7 Å². The fourth-order valence-electron chi connectivity index (χ4n) is 15.7. The Morgan fingerprint density at radius 3 is 1.03 bits per heavy atom. The van der Waals surface area contributed by atoms with Crippen molar-refractivity contribution in [2.24, 2.45) is 0 Å². The summed E-state index contributed by atoms with van der Waals surface area (Å²) in [5, 5.41) is 13.4. The molecule has 32 heteroatoms. The van der Waals surface area contributed by atoms with E-state index in [2.05, 4.69) is 168 Å². The first-order chi connectivity index (χ1) is 63.8. The maximum atomic E-state index is 12.5. The van der Waals surface area contributed by atoms with Crippen LogP contribution in [0.2, 0.25) is 0 Å². The zero-order valence-electron chi connectivity index (χ0n) is 81.2. The summed E-state index contributed by atoms with van der Waals surface area (Å²) < 4.78 is 189. The molecule has 0 aromatic heterocycles. The van der Waals surface area contributed by atoms with Crippen molar-refractivity contribution < 1.29 is 146 Å². The van der Waals surface area contributed by atoms with Crippen molar-refractivity contribution in [2.45, 2.75) is 191 Å². The average molecular weight is 1980 g/mol. The smallest absolute Gasteiger partial charge is 0.744 e. The second-order valence-corrected chi connectivity index (χ2v) is 36.7. The second-order valence-electron chi connectivity index (χ2n) is 30.3. The summed E-state index contributed by atoms with van der Waals surface area (Å²) in [6, 6.07) is 66.1. The van der Waals surface area contributed by atoms with Crippen LogP contribution in [0.4, 0.5) is 45.5 Å². The first kappa shape index (κ1) is 116. The predicted octanol–water partition coefficient (Wildman–Crippen LogP) is 13.5. The Bertz CT molecular complexity index is 6880. The zero-order chi connectivity index (χ0) is 99.3. The maximum absolute atomic E-state index is 12.5. The van der Waals surface area contributed by atoms with Gasteiger partial charge in [-0.25, -0.2) is 43.7 Å². The molecular weight excluding hydrogens is 1860 g/mol. The molecule has 24 nitrogen and oxygen atoms in total. The predicted molar refractivity (Wildman–Crippen MR) is 536 cm³/mol. The van der Waals surface area contributed by atoms with Gasteiger partial charge in [0.05, 0.1) is 33.1 Å². The summed E-state index contributed by atoms with van der Waals surface area (Å²) >= 11 is -0.750. The van der Waals surface area contributed by atoms with Gasteiger partial charge >= 0.3 is 81.3 Å². The molecule has 2 aliphatic heterocycles. The van der Waals surface area contributed by atoms with Crippen molar-refractivity contribution in [2.75, 3.05) is 34.0 Å². The van der Waals surface area contributed by atoms with Gasteiger partial charge in [0.1, 0.15) is 53.0 Å². The summed E-state index contributed by atoms with van der Waals surface area (Å²) in [4.78, 5) is 6.29. The van der Waals surface area contributed by atoms with Crippen LogP contribution in [0.3, 0.4) is 0 Å². The molecule has 0 unspecified atom stereocenters. The Hall–Kier alpha value is -10.4. The molecule has 710 valence electrons. The fourth-order valence-corrected chi connectivity index (χ4v) is 18.3. The SMILES string of the molecule is CC.CC.CC.CCc1cc(C)cc(CC)c1Nc1ccc2c(-c3ccccc3S(=O)(=O)[O-])c3ccc(=[NH+]c4c(CC)cc(C)cc4CC)cc-3oc2c1.CCc1cc(C)cc(CC)c1Nc1ccc2c(-c3ccccc3S(=O)(=O)[O-])c3ccc(=[NH+]c4c(CC)cc(C)cc4CC)cc-3oc2c1.CNc1c[c-]c(C=Cc2ccc(NS(C)(=O)=O)cc2S(=O)(=O)[O-])cc1.O=S(=O)=O.O=S=O.[Na+].[Na+]. The van der Waals surface area contributed by atoms with E-state index in [-0.39, 0.29) is 80.2 Å².